The van der Waals surface area contributed by atoms with Crippen LogP contribution in [0.15, 0.2) is 78.9 Å². The summed E-state index contributed by atoms with van der Waals surface area (Å²) in [5, 5.41) is 7.97. The van der Waals surface area contributed by atoms with Gasteiger partial charge >= 0.3 is 0 Å². The molecule has 1 aromatic carbocycles. The van der Waals surface area contributed by atoms with Crippen LogP contribution in [0.4, 0.5) is 0 Å². The number of rotatable bonds is 5. The van der Waals surface area contributed by atoms with Gasteiger partial charge in [-0.25, -0.2) is 0 Å². The Kier molecular flexibility index (Phi) is 4.89. The van der Waals surface area contributed by atoms with Crippen LogP contribution in [0.25, 0.3) is 0 Å². The van der Waals surface area contributed by atoms with E-state index in [1.165, 1.54) is 0 Å². The van der Waals surface area contributed by atoms with Gasteiger partial charge in [-0.05, 0) is 29.7 Å². The van der Waals surface area contributed by atoms with Crippen molar-refractivity contribution in [3.8, 4) is 0 Å². The van der Waals surface area contributed by atoms with Gasteiger partial charge in [0.2, 0.25) is 0 Å². The number of hydrogen-bond acceptors (Lipinski definition) is 1. The molecule has 0 amide bonds. The SMILES string of the molecule is C=C/C=C\C(=C)/C(C)=C/C(=N)c1ccccc1. The van der Waals surface area contributed by atoms with Crippen molar-refractivity contribution < 1.29 is 0 Å². The Morgan fingerprint density at radius 2 is 1.88 bits per heavy atom. The molecule has 0 bridgehead atoms. The van der Waals surface area contributed by atoms with E-state index in [0.717, 1.165) is 16.7 Å². The zero-order chi connectivity index (χ0) is 12.7. The maximum absolute atomic E-state index is 7.97. The first-order valence-electron chi connectivity index (χ1n) is 5.46. The molecule has 0 radical (unpaired) electrons. The molecule has 0 saturated carbocycles. The van der Waals surface area contributed by atoms with Crippen molar-refractivity contribution in [2.24, 2.45) is 0 Å². The number of nitrogens with one attached hydrogen (secondary N) is 1. The molecule has 86 valence electrons. The Labute approximate surface area is 103 Å². The third kappa shape index (κ3) is 4.07. The molecule has 0 unspecified atom stereocenters. The summed E-state index contributed by atoms with van der Waals surface area (Å²) in [6, 6.07) is 9.65. The van der Waals surface area contributed by atoms with Crippen LogP contribution < -0.4 is 0 Å². The number of benzene rings is 1. The van der Waals surface area contributed by atoms with Gasteiger partial charge < -0.3 is 5.41 Å². The summed E-state index contributed by atoms with van der Waals surface area (Å²) in [5.74, 6) is 0. The summed E-state index contributed by atoms with van der Waals surface area (Å²) < 4.78 is 0. The highest BCUT2D eigenvalue weighted by molar-refractivity contribution is 6.07. The van der Waals surface area contributed by atoms with Crippen molar-refractivity contribution >= 4 is 5.71 Å². The zero-order valence-electron chi connectivity index (χ0n) is 10.1. The fourth-order valence-electron chi connectivity index (χ4n) is 1.33. The van der Waals surface area contributed by atoms with E-state index in [1.807, 2.05) is 55.5 Å². The Morgan fingerprint density at radius 1 is 1.24 bits per heavy atom. The molecule has 1 heteroatoms. The first-order chi connectivity index (χ1) is 8.15. The summed E-state index contributed by atoms with van der Waals surface area (Å²) in [6.45, 7) is 9.50. The van der Waals surface area contributed by atoms with E-state index in [1.54, 1.807) is 6.08 Å². The summed E-state index contributed by atoms with van der Waals surface area (Å²) in [6.07, 6.45) is 7.26. The molecule has 0 atom stereocenters. The Hall–Kier alpha value is -2.15. The molecule has 1 rings (SSSR count). The van der Waals surface area contributed by atoms with Crippen LogP contribution in [0, 0.1) is 5.41 Å². The molecule has 1 N–H and O–H groups in total. The van der Waals surface area contributed by atoms with E-state index in [4.69, 9.17) is 5.41 Å². The molecule has 0 aliphatic heterocycles. The average Bonchev–Trinajstić information content (AvgIpc) is 2.36. The lowest BCUT2D eigenvalue weighted by atomic mass is 10.0. The van der Waals surface area contributed by atoms with Crippen LogP contribution in [-0.4, -0.2) is 5.71 Å². The third-order valence-electron chi connectivity index (χ3n) is 2.39. The predicted octanol–water partition coefficient (Wildman–Crippen LogP) is 4.30. The summed E-state index contributed by atoms with van der Waals surface area (Å²) in [4.78, 5) is 0. The summed E-state index contributed by atoms with van der Waals surface area (Å²) >= 11 is 0. The normalized spacial score (nSPS) is 11.5. The van der Waals surface area contributed by atoms with Gasteiger partial charge in [0.05, 0.1) is 5.71 Å². The number of allylic oxidation sites excluding steroid dienone is 6. The lowest BCUT2D eigenvalue weighted by Crippen LogP contribution is -1.95. The van der Waals surface area contributed by atoms with Gasteiger partial charge in [-0.2, -0.15) is 0 Å². The van der Waals surface area contributed by atoms with Gasteiger partial charge in [0.15, 0.2) is 0 Å². The molecule has 0 spiro atoms. The Bertz CT molecular complexity index is 476. The van der Waals surface area contributed by atoms with Crippen molar-refractivity contribution in [2.45, 2.75) is 6.92 Å². The lowest BCUT2D eigenvalue weighted by molar-refractivity contribution is 1.42. The molecule has 0 aromatic heterocycles. The van der Waals surface area contributed by atoms with E-state index in [-0.39, 0.29) is 0 Å². The largest absolute Gasteiger partial charge is 0.300 e. The van der Waals surface area contributed by atoms with Crippen molar-refractivity contribution in [1.82, 2.24) is 0 Å². The molecule has 1 nitrogen and oxygen atoms in total. The first kappa shape index (κ1) is 12.9. The topological polar surface area (TPSA) is 23.9 Å². The molecule has 17 heavy (non-hydrogen) atoms. The summed E-state index contributed by atoms with van der Waals surface area (Å²) in [7, 11) is 0. The highest BCUT2D eigenvalue weighted by Crippen LogP contribution is 2.11. The van der Waals surface area contributed by atoms with Crippen LogP contribution in [-0.2, 0) is 0 Å². The van der Waals surface area contributed by atoms with E-state index in [0.29, 0.717) is 5.71 Å². The van der Waals surface area contributed by atoms with Crippen molar-refractivity contribution in [2.75, 3.05) is 0 Å². The van der Waals surface area contributed by atoms with Crippen LogP contribution in [0.2, 0.25) is 0 Å². The van der Waals surface area contributed by atoms with Crippen LogP contribution >= 0.6 is 0 Å². The van der Waals surface area contributed by atoms with Gasteiger partial charge in [0.1, 0.15) is 0 Å². The third-order valence-corrected chi connectivity index (χ3v) is 2.39. The monoisotopic (exact) mass is 223 g/mol. The standard InChI is InChI=1S/C16H17N/c1-4-5-9-13(2)14(3)12-16(17)15-10-7-6-8-11-15/h4-12,17H,1-2H2,3H3/b9-5-,14-12+,17-16?. The molecular weight excluding hydrogens is 206 g/mol. The van der Waals surface area contributed by atoms with Crippen molar-refractivity contribution in [1.29, 1.82) is 5.41 Å². The molecule has 0 aliphatic carbocycles. The molecular formula is C16H17N. The highest BCUT2D eigenvalue weighted by Gasteiger charge is 1.98. The van der Waals surface area contributed by atoms with Gasteiger partial charge in [-0.1, -0.05) is 61.7 Å². The van der Waals surface area contributed by atoms with E-state index in [2.05, 4.69) is 13.2 Å². The summed E-state index contributed by atoms with van der Waals surface area (Å²) in [5.41, 5.74) is 3.28. The fourth-order valence-corrected chi connectivity index (χ4v) is 1.33. The molecule has 0 aliphatic rings. The Balaban J connectivity index is 2.82. The molecule has 0 heterocycles. The maximum Gasteiger partial charge on any atom is 0.0615 e. The molecule has 0 saturated heterocycles. The number of hydrogen-bond donors (Lipinski definition) is 1. The lowest BCUT2D eigenvalue weighted by Gasteiger charge is -2.02. The van der Waals surface area contributed by atoms with E-state index in [9.17, 15) is 0 Å². The van der Waals surface area contributed by atoms with Gasteiger partial charge in [-0.3, -0.25) is 0 Å². The van der Waals surface area contributed by atoms with Crippen LogP contribution in [0.3, 0.4) is 0 Å². The minimum Gasteiger partial charge on any atom is -0.300 e. The van der Waals surface area contributed by atoms with Crippen molar-refractivity contribution in [3.05, 3.63) is 84.5 Å². The predicted molar refractivity (Wildman–Crippen MR) is 75.5 cm³/mol. The van der Waals surface area contributed by atoms with Crippen molar-refractivity contribution in [3.63, 3.8) is 0 Å². The van der Waals surface area contributed by atoms with Gasteiger partial charge in [0, 0.05) is 0 Å². The smallest absolute Gasteiger partial charge is 0.0615 e. The minimum atomic E-state index is 0.497. The molecule has 0 fully saturated rings. The van der Waals surface area contributed by atoms with Gasteiger partial charge in [-0.15, -0.1) is 0 Å². The fraction of sp³-hybridized carbons (Fsp3) is 0.0625. The Morgan fingerprint density at radius 3 is 2.47 bits per heavy atom. The second-order valence-electron chi connectivity index (χ2n) is 3.73. The minimum absolute atomic E-state index is 0.497. The molecule has 1 aromatic rings. The van der Waals surface area contributed by atoms with E-state index >= 15 is 0 Å². The van der Waals surface area contributed by atoms with E-state index < -0.39 is 0 Å². The first-order valence-corrected chi connectivity index (χ1v) is 5.46. The average molecular weight is 223 g/mol. The highest BCUT2D eigenvalue weighted by atomic mass is 14.4. The zero-order valence-corrected chi connectivity index (χ0v) is 10.1. The maximum atomic E-state index is 7.97. The van der Waals surface area contributed by atoms with Crippen LogP contribution in [0.1, 0.15) is 12.5 Å². The second-order valence-corrected chi connectivity index (χ2v) is 3.73. The second kappa shape index (κ2) is 6.44. The quantitative estimate of drug-likeness (QED) is 0.568. The van der Waals surface area contributed by atoms with Gasteiger partial charge in [0.25, 0.3) is 0 Å². The van der Waals surface area contributed by atoms with Crippen LogP contribution in [0.5, 0.6) is 0 Å².